The number of carboxylic acid groups (broad SMARTS) is 1. The van der Waals surface area contributed by atoms with Gasteiger partial charge in [0.05, 0.1) is 0 Å². The Hall–Kier alpha value is -5.33. The van der Waals surface area contributed by atoms with E-state index < -0.39 is 5.97 Å². The van der Waals surface area contributed by atoms with E-state index in [-0.39, 0.29) is 0 Å². The van der Waals surface area contributed by atoms with Crippen molar-refractivity contribution in [2.24, 2.45) is 0 Å². The van der Waals surface area contributed by atoms with Gasteiger partial charge >= 0.3 is 5.97 Å². The summed E-state index contributed by atoms with van der Waals surface area (Å²) < 4.78 is 0. The Morgan fingerprint density at radius 2 is 1.10 bits per heavy atom. The fourth-order valence-electron chi connectivity index (χ4n) is 4.53. The van der Waals surface area contributed by atoms with E-state index in [0.717, 1.165) is 22.6 Å². The van der Waals surface area contributed by atoms with E-state index in [4.69, 9.17) is 5.11 Å². The molecule has 0 atom stereocenters. The van der Waals surface area contributed by atoms with E-state index in [1.165, 1.54) is 27.8 Å². The second-order valence-corrected chi connectivity index (χ2v) is 9.65. The lowest BCUT2D eigenvalue weighted by molar-refractivity contribution is -0.130. The normalized spacial score (nSPS) is 10.2. The predicted molar refractivity (Wildman–Crippen MR) is 165 cm³/mol. The molecule has 0 aromatic heterocycles. The summed E-state index contributed by atoms with van der Waals surface area (Å²) in [5.74, 6) is 3.70. The average Bonchev–Trinajstić information content (AvgIpc) is 2.98. The Labute approximate surface area is 235 Å². The highest BCUT2D eigenvalue weighted by Crippen LogP contribution is 2.35. The molecular weight excluding hydrogens is 490 g/mol. The molecule has 0 amide bonds. The highest BCUT2D eigenvalue weighted by atomic mass is 16.4. The lowest BCUT2D eigenvalue weighted by atomic mass is 9.94. The molecular formula is C37H29NO2. The molecule has 40 heavy (non-hydrogen) atoms. The maximum atomic E-state index is 10.8. The van der Waals surface area contributed by atoms with Crippen molar-refractivity contribution >= 4 is 34.7 Å². The van der Waals surface area contributed by atoms with Crippen LogP contribution in [-0.2, 0) is 4.79 Å². The molecule has 0 unspecified atom stereocenters. The fraction of sp³-hybridized carbons (Fsp3) is 0.0541. The van der Waals surface area contributed by atoms with Crippen LogP contribution in [0.1, 0.15) is 33.4 Å². The standard InChI is InChI=1S/C37H29NO2/c1-27-8-17-31(18-9-27)36(32-19-10-28(2)11-20-32)26-30-14-23-35(24-15-30)38(33-6-4-3-5-7-33)34-21-12-29(13-22-34)16-25-37(39)40/h3-15,17-24,26H,1-2H3,(H,39,40). The monoisotopic (exact) mass is 519 g/mol. The zero-order valence-corrected chi connectivity index (χ0v) is 22.5. The van der Waals surface area contributed by atoms with E-state index in [1.807, 2.05) is 42.5 Å². The highest BCUT2D eigenvalue weighted by Gasteiger charge is 2.12. The first-order chi connectivity index (χ1) is 19.5. The van der Waals surface area contributed by atoms with Crippen LogP contribution >= 0.6 is 0 Å². The molecule has 5 aromatic rings. The van der Waals surface area contributed by atoms with E-state index in [0.29, 0.717) is 5.56 Å². The molecule has 0 radical (unpaired) electrons. The second kappa shape index (κ2) is 12.0. The molecule has 0 aliphatic rings. The maximum Gasteiger partial charge on any atom is 0.382 e. The average molecular weight is 520 g/mol. The van der Waals surface area contributed by atoms with Crippen LogP contribution in [0, 0.1) is 25.7 Å². The molecule has 5 aromatic carbocycles. The molecule has 194 valence electrons. The summed E-state index contributed by atoms with van der Waals surface area (Å²) in [5.41, 5.74) is 10.7. The van der Waals surface area contributed by atoms with Crippen molar-refractivity contribution in [2.75, 3.05) is 4.90 Å². The van der Waals surface area contributed by atoms with Gasteiger partial charge in [-0.3, -0.25) is 0 Å². The van der Waals surface area contributed by atoms with E-state index in [1.54, 1.807) is 0 Å². The summed E-state index contributed by atoms with van der Waals surface area (Å²) in [6.07, 6.45) is 2.24. The molecule has 0 saturated carbocycles. The summed E-state index contributed by atoms with van der Waals surface area (Å²) in [6, 6.07) is 43.6. The van der Waals surface area contributed by atoms with Crippen LogP contribution in [0.15, 0.2) is 127 Å². The molecule has 0 fully saturated rings. The third kappa shape index (κ3) is 6.38. The van der Waals surface area contributed by atoms with Crippen LogP contribution in [0.4, 0.5) is 17.1 Å². The Morgan fingerprint density at radius 1 is 0.625 bits per heavy atom. The second-order valence-electron chi connectivity index (χ2n) is 9.65. The van der Waals surface area contributed by atoms with Crippen molar-refractivity contribution in [1.29, 1.82) is 0 Å². The van der Waals surface area contributed by atoms with Gasteiger partial charge in [-0.2, -0.15) is 0 Å². The van der Waals surface area contributed by atoms with Crippen LogP contribution < -0.4 is 4.90 Å². The molecule has 0 aliphatic carbocycles. The Balaban J connectivity index is 1.52. The molecule has 5 rings (SSSR count). The molecule has 0 spiro atoms. The van der Waals surface area contributed by atoms with Crippen LogP contribution in [0.2, 0.25) is 0 Å². The zero-order chi connectivity index (χ0) is 27.9. The fourth-order valence-corrected chi connectivity index (χ4v) is 4.53. The number of hydrogen-bond donors (Lipinski definition) is 1. The van der Waals surface area contributed by atoms with Crippen molar-refractivity contribution in [3.05, 3.63) is 161 Å². The minimum absolute atomic E-state index is 0.652. The maximum absolute atomic E-state index is 10.8. The molecule has 0 heterocycles. The summed E-state index contributed by atoms with van der Waals surface area (Å²) in [7, 11) is 0. The number of carboxylic acids is 1. The van der Waals surface area contributed by atoms with Gasteiger partial charge in [-0.05, 0) is 90.7 Å². The Kier molecular flexibility index (Phi) is 7.90. The van der Waals surface area contributed by atoms with Gasteiger partial charge in [0.25, 0.3) is 0 Å². The first-order valence-electron chi connectivity index (χ1n) is 13.1. The molecule has 1 N–H and O–H groups in total. The van der Waals surface area contributed by atoms with Gasteiger partial charge in [0.1, 0.15) is 0 Å². The number of nitrogens with zero attached hydrogens (tertiary/aromatic N) is 1. The van der Waals surface area contributed by atoms with Crippen molar-refractivity contribution in [2.45, 2.75) is 13.8 Å². The number of rotatable bonds is 6. The first-order valence-corrected chi connectivity index (χ1v) is 13.1. The third-order valence-electron chi connectivity index (χ3n) is 6.64. The van der Waals surface area contributed by atoms with Crippen LogP contribution in [0.5, 0.6) is 0 Å². The Bertz CT molecular complexity index is 1640. The number of aryl methyl sites for hydroxylation is 2. The number of anilines is 3. The van der Waals surface area contributed by atoms with Gasteiger partial charge < -0.3 is 10.0 Å². The summed E-state index contributed by atoms with van der Waals surface area (Å²) in [4.78, 5) is 13.0. The van der Waals surface area contributed by atoms with Crippen molar-refractivity contribution in [3.63, 3.8) is 0 Å². The van der Waals surface area contributed by atoms with E-state index in [2.05, 4.69) is 122 Å². The minimum atomic E-state index is -1.14. The van der Waals surface area contributed by atoms with Gasteiger partial charge in [-0.25, -0.2) is 4.79 Å². The first kappa shape index (κ1) is 26.3. The topological polar surface area (TPSA) is 40.5 Å². The molecule has 0 bridgehead atoms. The van der Waals surface area contributed by atoms with Gasteiger partial charge in [0.15, 0.2) is 0 Å². The number of para-hydroxylation sites is 1. The SMILES string of the molecule is Cc1ccc(C(=Cc2ccc(N(c3ccccc3)c3ccc(C#CC(=O)O)cc3)cc2)c2ccc(C)cc2)cc1. The van der Waals surface area contributed by atoms with Gasteiger partial charge in [-0.15, -0.1) is 0 Å². The van der Waals surface area contributed by atoms with E-state index in [9.17, 15) is 4.79 Å². The predicted octanol–water partition coefficient (Wildman–Crippen LogP) is 8.80. The summed E-state index contributed by atoms with van der Waals surface area (Å²) in [5, 5.41) is 8.86. The molecule has 3 heteroatoms. The summed E-state index contributed by atoms with van der Waals surface area (Å²) >= 11 is 0. The highest BCUT2D eigenvalue weighted by molar-refractivity contribution is 5.92. The molecule has 0 saturated heterocycles. The van der Waals surface area contributed by atoms with Crippen LogP contribution in [0.25, 0.3) is 11.6 Å². The number of aliphatic carboxylic acids is 1. The summed E-state index contributed by atoms with van der Waals surface area (Å²) in [6.45, 7) is 4.21. The molecule has 3 nitrogen and oxygen atoms in total. The van der Waals surface area contributed by atoms with Crippen molar-refractivity contribution in [3.8, 4) is 11.8 Å². The number of hydrogen-bond acceptors (Lipinski definition) is 2. The molecule has 0 aliphatic heterocycles. The van der Waals surface area contributed by atoms with Gasteiger partial charge in [0.2, 0.25) is 0 Å². The van der Waals surface area contributed by atoms with Crippen molar-refractivity contribution in [1.82, 2.24) is 0 Å². The quantitative estimate of drug-likeness (QED) is 0.180. The Morgan fingerprint density at radius 3 is 1.60 bits per heavy atom. The lowest BCUT2D eigenvalue weighted by Crippen LogP contribution is -2.09. The van der Waals surface area contributed by atoms with Gasteiger partial charge in [-0.1, -0.05) is 95.9 Å². The number of benzene rings is 5. The van der Waals surface area contributed by atoms with Crippen LogP contribution in [0.3, 0.4) is 0 Å². The smallest absolute Gasteiger partial charge is 0.382 e. The van der Waals surface area contributed by atoms with Gasteiger partial charge in [0, 0.05) is 28.5 Å². The van der Waals surface area contributed by atoms with E-state index >= 15 is 0 Å². The van der Waals surface area contributed by atoms with Crippen molar-refractivity contribution < 1.29 is 9.90 Å². The number of carbonyl (C=O) groups is 1. The third-order valence-corrected chi connectivity index (χ3v) is 6.64. The lowest BCUT2D eigenvalue weighted by Gasteiger charge is -2.25. The minimum Gasteiger partial charge on any atom is -0.472 e. The largest absolute Gasteiger partial charge is 0.472 e. The van der Waals surface area contributed by atoms with Crippen LogP contribution in [-0.4, -0.2) is 11.1 Å². The zero-order valence-electron chi connectivity index (χ0n) is 22.5.